The highest BCUT2D eigenvalue weighted by Gasteiger charge is 2.13. The number of rotatable bonds is 2. The smallest absolute Gasteiger partial charge is 0.293 e. The van der Waals surface area contributed by atoms with Crippen LogP contribution in [0.25, 0.3) is 11.0 Å². The van der Waals surface area contributed by atoms with Gasteiger partial charge in [-0.25, -0.2) is 4.98 Å². The summed E-state index contributed by atoms with van der Waals surface area (Å²) in [6.45, 7) is 1.88. The number of carbonyl (C=O) groups is 1. The van der Waals surface area contributed by atoms with Gasteiger partial charge < -0.3 is 4.42 Å². The lowest BCUT2D eigenvalue weighted by atomic mass is 10.2. The Morgan fingerprint density at radius 3 is 3.00 bits per heavy atom. The van der Waals surface area contributed by atoms with Gasteiger partial charge >= 0.3 is 0 Å². The van der Waals surface area contributed by atoms with Gasteiger partial charge in [-0.1, -0.05) is 15.9 Å². The van der Waals surface area contributed by atoms with Crippen molar-refractivity contribution >= 4 is 49.3 Å². The highest BCUT2D eigenvalue weighted by atomic mass is 79.9. The molecule has 0 atom stereocenters. The minimum atomic E-state index is -0.290. The second-order valence-electron chi connectivity index (χ2n) is 4.04. The number of hydrogen-bond donors (Lipinski definition) is 1. The highest BCUT2D eigenvalue weighted by molar-refractivity contribution is 9.10. The summed E-state index contributed by atoms with van der Waals surface area (Å²) in [4.78, 5) is 16.2. The predicted octanol–water partition coefficient (Wildman–Crippen LogP) is 4.21. The van der Waals surface area contributed by atoms with E-state index in [4.69, 9.17) is 4.42 Å². The summed E-state index contributed by atoms with van der Waals surface area (Å²) in [5, 5.41) is 6.06. The Hall–Kier alpha value is -1.66. The zero-order valence-electron chi connectivity index (χ0n) is 9.94. The number of benzene rings is 1. The number of halogens is 1. The number of nitrogens with one attached hydrogen (secondary N) is 1. The lowest BCUT2D eigenvalue weighted by Crippen LogP contribution is -2.10. The zero-order chi connectivity index (χ0) is 13.4. The van der Waals surface area contributed by atoms with E-state index in [9.17, 15) is 4.79 Å². The standard InChI is InChI=1S/C13H9BrN2O2S/c1-7-6-19-13(15-7)16-12(17)11-5-8-4-9(14)2-3-10(8)18-11/h2-6H,1H3,(H,15,16,17). The number of hydrogen-bond acceptors (Lipinski definition) is 4. The lowest BCUT2D eigenvalue weighted by Gasteiger charge is -1.96. The van der Waals surface area contributed by atoms with Crippen molar-refractivity contribution in [2.75, 3.05) is 5.32 Å². The van der Waals surface area contributed by atoms with Crippen LogP contribution in [0.4, 0.5) is 5.13 Å². The molecule has 0 saturated carbocycles. The number of amides is 1. The summed E-state index contributed by atoms with van der Waals surface area (Å²) in [5.74, 6) is -0.0115. The second kappa shape index (κ2) is 4.79. The van der Waals surface area contributed by atoms with Gasteiger partial charge in [-0.15, -0.1) is 11.3 Å². The molecule has 1 N–H and O–H groups in total. The number of aryl methyl sites for hydroxylation is 1. The van der Waals surface area contributed by atoms with Crippen molar-refractivity contribution in [3.8, 4) is 0 Å². The molecule has 1 amide bonds. The molecule has 19 heavy (non-hydrogen) atoms. The van der Waals surface area contributed by atoms with Crippen LogP contribution in [0.5, 0.6) is 0 Å². The third-order valence-corrected chi connectivity index (χ3v) is 3.91. The number of anilines is 1. The van der Waals surface area contributed by atoms with E-state index < -0.39 is 0 Å². The molecule has 1 aromatic carbocycles. The molecule has 0 radical (unpaired) electrons. The van der Waals surface area contributed by atoms with Crippen LogP contribution in [0.1, 0.15) is 16.2 Å². The molecule has 3 aromatic rings. The molecule has 0 spiro atoms. The number of fused-ring (bicyclic) bond motifs is 1. The van der Waals surface area contributed by atoms with Crippen LogP contribution in [0.15, 0.2) is 38.5 Å². The van der Waals surface area contributed by atoms with Gasteiger partial charge in [0.25, 0.3) is 5.91 Å². The Morgan fingerprint density at radius 1 is 1.42 bits per heavy atom. The summed E-state index contributed by atoms with van der Waals surface area (Å²) in [6, 6.07) is 7.32. The molecule has 6 heteroatoms. The minimum absolute atomic E-state index is 0.279. The van der Waals surface area contributed by atoms with E-state index in [2.05, 4.69) is 26.2 Å². The first-order chi connectivity index (χ1) is 9.11. The van der Waals surface area contributed by atoms with Crippen LogP contribution in [0, 0.1) is 6.92 Å². The van der Waals surface area contributed by atoms with Crippen LogP contribution in [-0.4, -0.2) is 10.9 Å². The second-order valence-corrected chi connectivity index (χ2v) is 5.81. The van der Waals surface area contributed by atoms with E-state index in [1.807, 2.05) is 30.5 Å². The van der Waals surface area contributed by atoms with Gasteiger partial charge in [-0.2, -0.15) is 0 Å². The van der Waals surface area contributed by atoms with E-state index in [1.165, 1.54) is 11.3 Å². The minimum Gasteiger partial charge on any atom is -0.451 e. The van der Waals surface area contributed by atoms with Gasteiger partial charge in [-0.05, 0) is 31.2 Å². The zero-order valence-corrected chi connectivity index (χ0v) is 12.3. The summed E-state index contributed by atoms with van der Waals surface area (Å²) in [7, 11) is 0. The molecule has 0 saturated heterocycles. The van der Waals surface area contributed by atoms with Crippen LogP contribution < -0.4 is 5.32 Å². The third kappa shape index (κ3) is 2.54. The molecule has 3 rings (SSSR count). The van der Waals surface area contributed by atoms with Crippen LogP contribution in [0.2, 0.25) is 0 Å². The van der Waals surface area contributed by atoms with Gasteiger partial charge in [0.2, 0.25) is 0 Å². The molecular formula is C13H9BrN2O2S. The topological polar surface area (TPSA) is 55.1 Å². The number of aromatic nitrogens is 1. The maximum Gasteiger partial charge on any atom is 0.293 e. The quantitative estimate of drug-likeness (QED) is 0.762. The molecule has 0 aliphatic carbocycles. The number of thiazole rings is 1. The monoisotopic (exact) mass is 336 g/mol. The predicted molar refractivity (Wildman–Crippen MR) is 78.7 cm³/mol. The summed E-state index contributed by atoms with van der Waals surface area (Å²) in [5.41, 5.74) is 1.57. The third-order valence-electron chi connectivity index (χ3n) is 2.54. The van der Waals surface area contributed by atoms with Crippen LogP contribution in [0.3, 0.4) is 0 Å². The molecule has 0 bridgehead atoms. The fraction of sp³-hybridized carbons (Fsp3) is 0.0769. The summed E-state index contributed by atoms with van der Waals surface area (Å²) in [6.07, 6.45) is 0. The van der Waals surface area contributed by atoms with Crippen LogP contribution >= 0.6 is 27.3 Å². The molecule has 0 fully saturated rings. The molecular weight excluding hydrogens is 328 g/mol. The average molecular weight is 337 g/mol. The van der Waals surface area contributed by atoms with Crippen molar-refractivity contribution in [3.05, 3.63) is 45.6 Å². The van der Waals surface area contributed by atoms with Crippen molar-refractivity contribution in [2.45, 2.75) is 6.92 Å². The number of carbonyl (C=O) groups excluding carboxylic acids is 1. The molecule has 2 heterocycles. The van der Waals surface area contributed by atoms with Crippen molar-refractivity contribution in [2.24, 2.45) is 0 Å². The van der Waals surface area contributed by atoms with Gasteiger partial charge in [0.05, 0.1) is 5.69 Å². The van der Waals surface area contributed by atoms with Gasteiger partial charge in [0, 0.05) is 15.2 Å². The van der Waals surface area contributed by atoms with Crippen molar-refractivity contribution in [3.63, 3.8) is 0 Å². The Bertz CT molecular complexity index is 763. The average Bonchev–Trinajstić information content (AvgIpc) is 2.95. The maximum atomic E-state index is 12.0. The van der Waals surface area contributed by atoms with E-state index in [1.54, 1.807) is 6.07 Å². The summed E-state index contributed by atoms with van der Waals surface area (Å²) < 4.78 is 6.46. The van der Waals surface area contributed by atoms with E-state index in [0.717, 1.165) is 15.6 Å². The summed E-state index contributed by atoms with van der Waals surface area (Å²) >= 11 is 4.77. The fourth-order valence-electron chi connectivity index (χ4n) is 1.70. The fourth-order valence-corrected chi connectivity index (χ4v) is 2.76. The largest absolute Gasteiger partial charge is 0.451 e. The Labute approximate surface area is 121 Å². The first kappa shape index (κ1) is 12.4. The van der Waals surface area contributed by atoms with Crippen molar-refractivity contribution in [1.82, 2.24) is 4.98 Å². The van der Waals surface area contributed by atoms with Gasteiger partial charge in [0.1, 0.15) is 5.58 Å². The Balaban J connectivity index is 1.89. The van der Waals surface area contributed by atoms with E-state index >= 15 is 0 Å². The molecule has 0 aliphatic rings. The Morgan fingerprint density at radius 2 is 2.26 bits per heavy atom. The first-order valence-electron chi connectivity index (χ1n) is 5.54. The maximum absolute atomic E-state index is 12.0. The van der Waals surface area contributed by atoms with Gasteiger partial charge in [-0.3, -0.25) is 10.1 Å². The van der Waals surface area contributed by atoms with E-state index in [-0.39, 0.29) is 11.7 Å². The first-order valence-corrected chi connectivity index (χ1v) is 7.22. The number of furan rings is 1. The Kier molecular flexibility index (Phi) is 3.12. The van der Waals surface area contributed by atoms with Crippen molar-refractivity contribution in [1.29, 1.82) is 0 Å². The van der Waals surface area contributed by atoms with Gasteiger partial charge in [0.15, 0.2) is 10.9 Å². The molecule has 96 valence electrons. The van der Waals surface area contributed by atoms with Crippen LogP contribution in [-0.2, 0) is 0 Å². The van der Waals surface area contributed by atoms with E-state index in [0.29, 0.717) is 10.7 Å². The normalized spacial score (nSPS) is 10.8. The molecule has 4 nitrogen and oxygen atoms in total. The molecule has 2 aromatic heterocycles. The number of nitrogens with zero attached hydrogens (tertiary/aromatic N) is 1. The SMILES string of the molecule is Cc1csc(NC(=O)c2cc3cc(Br)ccc3o2)n1. The van der Waals surface area contributed by atoms with Crippen molar-refractivity contribution < 1.29 is 9.21 Å². The molecule has 0 aliphatic heterocycles. The lowest BCUT2D eigenvalue weighted by molar-refractivity contribution is 0.0998. The highest BCUT2D eigenvalue weighted by Crippen LogP contribution is 2.24. The molecule has 0 unspecified atom stereocenters.